The molecule has 0 saturated carbocycles. The normalized spacial score (nSPS) is 11.2. The van der Waals surface area contributed by atoms with Gasteiger partial charge < -0.3 is 18.6 Å². The average molecular weight is 404 g/mol. The smallest absolute Gasteiger partial charge is 0.307 e. The van der Waals surface area contributed by atoms with Crippen LogP contribution in [0.25, 0.3) is 21.7 Å². The molecular weight excluding hydrogens is 384 g/mol. The number of carbonyl (C=O) groups excluding carboxylic acids is 1. The van der Waals surface area contributed by atoms with E-state index in [0.717, 1.165) is 16.2 Å². The van der Waals surface area contributed by atoms with E-state index in [4.69, 9.17) is 18.6 Å². The van der Waals surface area contributed by atoms with Crippen molar-refractivity contribution in [1.29, 1.82) is 0 Å². The summed E-state index contributed by atoms with van der Waals surface area (Å²) in [6.45, 7) is 0. The zero-order valence-corrected chi connectivity index (χ0v) is 16.8. The Morgan fingerprint density at radius 2 is 1.67 bits per heavy atom. The predicted octanol–water partition coefficient (Wildman–Crippen LogP) is 4.38. The van der Waals surface area contributed by atoms with Gasteiger partial charge in [0.1, 0.15) is 5.58 Å². The summed E-state index contributed by atoms with van der Waals surface area (Å²) in [4.78, 5) is 12.5. The minimum atomic E-state index is -0.445. The molecule has 0 atom stereocenters. The minimum Gasteiger partial charge on any atom is -0.493 e. The molecule has 1 heterocycles. The number of benzene rings is 3. The molecule has 7 nitrogen and oxygen atoms in total. The number of amides is 1. The number of rotatable bonds is 6. The van der Waals surface area contributed by atoms with E-state index < -0.39 is 5.91 Å². The third kappa shape index (κ3) is 3.53. The van der Waals surface area contributed by atoms with Crippen molar-refractivity contribution < 1.29 is 23.4 Å². The van der Waals surface area contributed by atoms with Crippen molar-refractivity contribution in [2.45, 2.75) is 0 Å². The lowest BCUT2D eigenvalue weighted by atomic mass is 10.1. The maximum Gasteiger partial charge on any atom is 0.307 e. The van der Waals surface area contributed by atoms with Gasteiger partial charge in [0.25, 0.3) is 0 Å². The summed E-state index contributed by atoms with van der Waals surface area (Å²) in [5.41, 5.74) is 3.80. The average Bonchev–Trinajstić information content (AvgIpc) is 3.23. The third-order valence-electron chi connectivity index (χ3n) is 4.72. The summed E-state index contributed by atoms with van der Waals surface area (Å²) in [6.07, 6.45) is 1.49. The van der Waals surface area contributed by atoms with Gasteiger partial charge in [-0.1, -0.05) is 30.3 Å². The monoisotopic (exact) mass is 404 g/mol. The first-order chi connectivity index (χ1) is 14.6. The van der Waals surface area contributed by atoms with E-state index in [-0.39, 0.29) is 5.76 Å². The van der Waals surface area contributed by atoms with Gasteiger partial charge in [0.15, 0.2) is 17.3 Å². The molecule has 0 bridgehead atoms. The van der Waals surface area contributed by atoms with Gasteiger partial charge in [0.2, 0.25) is 5.75 Å². The lowest BCUT2D eigenvalue weighted by molar-refractivity contribution is 0.0929. The Hall–Kier alpha value is -4.00. The summed E-state index contributed by atoms with van der Waals surface area (Å²) in [7, 11) is 4.60. The molecule has 0 saturated heterocycles. The van der Waals surface area contributed by atoms with Crippen molar-refractivity contribution in [3.63, 3.8) is 0 Å². The first kappa shape index (κ1) is 19.3. The second-order valence-electron chi connectivity index (χ2n) is 6.47. The Labute approximate surface area is 172 Å². The first-order valence-electron chi connectivity index (χ1n) is 9.19. The van der Waals surface area contributed by atoms with E-state index in [1.54, 1.807) is 18.2 Å². The molecule has 4 rings (SSSR count). The SMILES string of the molecule is COc1cc(/C=N\NC(=O)c2cc3c(ccc4ccccc43)o2)cc(OC)c1OC. The molecule has 0 aliphatic carbocycles. The number of furan rings is 1. The molecular formula is C23H20N2O5. The van der Waals surface area contributed by atoms with Crippen molar-refractivity contribution >= 4 is 33.9 Å². The van der Waals surface area contributed by atoms with Gasteiger partial charge in [-0.3, -0.25) is 4.79 Å². The van der Waals surface area contributed by atoms with Crippen molar-refractivity contribution in [3.8, 4) is 17.2 Å². The highest BCUT2D eigenvalue weighted by atomic mass is 16.5. The zero-order chi connectivity index (χ0) is 21.1. The molecule has 1 amide bonds. The second kappa shape index (κ2) is 8.16. The van der Waals surface area contributed by atoms with Crippen molar-refractivity contribution in [2.75, 3.05) is 21.3 Å². The Balaban J connectivity index is 1.56. The third-order valence-corrected chi connectivity index (χ3v) is 4.72. The number of carbonyl (C=O) groups is 1. The van der Waals surface area contributed by atoms with Crippen LogP contribution in [0.2, 0.25) is 0 Å². The van der Waals surface area contributed by atoms with Crippen molar-refractivity contribution in [2.24, 2.45) is 5.10 Å². The van der Waals surface area contributed by atoms with E-state index in [1.807, 2.05) is 36.4 Å². The van der Waals surface area contributed by atoms with Crippen LogP contribution in [0.15, 0.2) is 64.1 Å². The number of hydrogen-bond donors (Lipinski definition) is 1. The minimum absolute atomic E-state index is 0.184. The molecule has 0 unspecified atom stereocenters. The van der Waals surface area contributed by atoms with E-state index >= 15 is 0 Å². The summed E-state index contributed by atoms with van der Waals surface area (Å²) in [5, 5.41) is 7.01. The Morgan fingerprint density at radius 1 is 0.933 bits per heavy atom. The Kier molecular flexibility index (Phi) is 5.26. The summed E-state index contributed by atoms with van der Waals surface area (Å²) < 4.78 is 21.6. The predicted molar refractivity (Wildman–Crippen MR) is 115 cm³/mol. The van der Waals surface area contributed by atoms with Crippen molar-refractivity contribution in [1.82, 2.24) is 5.43 Å². The van der Waals surface area contributed by atoms with Crippen LogP contribution in [0.4, 0.5) is 0 Å². The molecule has 7 heteroatoms. The zero-order valence-electron chi connectivity index (χ0n) is 16.8. The van der Waals surface area contributed by atoms with Crippen LogP contribution in [0.5, 0.6) is 17.2 Å². The Bertz CT molecular complexity index is 1230. The van der Waals surface area contributed by atoms with Crippen molar-refractivity contribution in [3.05, 3.63) is 65.9 Å². The summed E-state index contributed by atoms with van der Waals surface area (Å²) >= 11 is 0. The highest BCUT2D eigenvalue weighted by molar-refractivity contribution is 6.08. The highest BCUT2D eigenvalue weighted by Gasteiger charge is 2.14. The van der Waals surface area contributed by atoms with Crippen LogP contribution in [0, 0.1) is 0 Å². The van der Waals surface area contributed by atoms with Gasteiger partial charge in [0, 0.05) is 10.9 Å². The fourth-order valence-corrected chi connectivity index (χ4v) is 3.30. The molecule has 4 aromatic rings. The largest absolute Gasteiger partial charge is 0.493 e. The maximum absolute atomic E-state index is 12.5. The van der Waals surface area contributed by atoms with E-state index in [1.165, 1.54) is 27.5 Å². The fourth-order valence-electron chi connectivity index (χ4n) is 3.30. The molecule has 0 aliphatic rings. The highest BCUT2D eigenvalue weighted by Crippen LogP contribution is 2.37. The van der Waals surface area contributed by atoms with Crippen LogP contribution < -0.4 is 19.6 Å². The summed E-state index contributed by atoms with van der Waals surface area (Å²) in [6, 6.07) is 16.9. The molecule has 30 heavy (non-hydrogen) atoms. The fraction of sp³-hybridized carbons (Fsp3) is 0.130. The maximum atomic E-state index is 12.5. The van der Waals surface area contributed by atoms with Crippen LogP contribution in [0.3, 0.4) is 0 Å². The quantitative estimate of drug-likeness (QED) is 0.381. The number of hydrazone groups is 1. The second-order valence-corrected chi connectivity index (χ2v) is 6.47. The van der Waals surface area contributed by atoms with E-state index in [2.05, 4.69) is 10.5 Å². The van der Waals surface area contributed by atoms with Crippen LogP contribution in [-0.4, -0.2) is 33.5 Å². The van der Waals surface area contributed by atoms with Gasteiger partial charge in [0.05, 0.1) is 27.5 Å². The molecule has 0 fully saturated rings. The van der Waals surface area contributed by atoms with Gasteiger partial charge in [-0.05, 0) is 35.0 Å². The number of ether oxygens (including phenoxy) is 3. The molecule has 0 radical (unpaired) electrons. The number of nitrogens with one attached hydrogen (secondary N) is 1. The molecule has 1 aromatic heterocycles. The van der Waals surface area contributed by atoms with E-state index in [9.17, 15) is 4.79 Å². The standard InChI is InChI=1S/C23H20N2O5/c1-27-19-10-14(11-20(28-2)22(19)29-3)13-24-25-23(26)21-12-17-16-7-5-4-6-15(16)8-9-18(17)30-21/h4-13H,1-3H3,(H,25,26)/b24-13-. The van der Waals surface area contributed by atoms with Crippen LogP contribution >= 0.6 is 0 Å². The Morgan fingerprint density at radius 3 is 2.37 bits per heavy atom. The topological polar surface area (TPSA) is 82.3 Å². The first-order valence-corrected chi connectivity index (χ1v) is 9.19. The van der Waals surface area contributed by atoms with Gasteiger partial charge in [-0.25, -0.2) is 5.43 Å². The molecule has 0 spiro atoms. The number of hydrogen-bond acceptors (Lipinski definition) is 6. The molecule has 152 valence electrons. The van der Waals surface area contributed by atoms with E-state index in [0.29, 0.717) is 28.4 Å². The van der Waals surface area contributed by atoms with Gasteiger partial charge in [-0.15, -0.1) is 0 Å². The van der Waals surface area contributed by atoms with Gasteiger partial charge in [-0.2, -0.15) is 5.10 Å². The molecule has 3 aromatic carbocycles. The summed E-state index contributed by atoms with van der Waals surface area (Å²) in [5.74, 6) is 1.21. The lowest BCUT2D eigenvalue weighted by Gasteiger charge is -2.12. The lowest BCUT2D eigenvalue weighted by Crippen LogP contribution is -2.16. The number of nitrogens with zero attached hydrogens (tertiary/aromatic N) is 1. The number of methoxy groups -OCH3 is 3. The van der Waals surface area contributed by atoms with Gasteiger partial charge >= 0.3 is 5.91 Å². The molecule has 1 N–H and O–H groups in total. The van der Waals surface area contributed by atoms with Crippen LogP contribution in [-0.2, 0) is 0 Å². The van der Waals surface area contributed by atoms with Crippen LogP contribution in [0.1, 0.15) is 16.1 Å². The molecule has 0 aliphatic heterocycles. The number of fused-ring (bicyclic) bond motifs is 3.